The lowest BCUT2D eigenvalue weighted by molar-refractivity contribution is -0.123. The first-order valence-electron chi connectivity index (χ1n) is 7.68. The van der Waals surface area contributed by atoms with Crippen LogP contribution in [0.3, 0.4) is 0 Å². The Balaban J connectivity index is 1.91. The molecule has 1 aromatic heterocycles. The number of nitrogens with two attached hydrogens (primary N) is 1. The lowest BCUT2D eigenvalue weighted by Crippen LogP contribution is -2.51. The molecule has 1 aromatic rings. The van der Waals surface area contributed by atoms with Crippen LogP contribution >= 0.6 is 11.3 Å². The molecule has 5 N–H and O–H groups in total. The molecule has 23 heavy (non-hydrogen) atoms. The fourth-order valence-electron chi connectivity index (χ4n) is 2.63. The van der Waals surface area contributed by atoms with Gasteiger partial charge in [0.25, 0.3) is 11.8 Å². The van der Waals surface area contributed by atoms with E-state index in [0.717, 1.165) is 25.7 Å². The third-order valence-electron chi connectivity index (χ3n) is 4.04. The minimum atomic E-state index is -0.824. The van der Waals surface area contributed by atoms with E-state index in [1.54, 1.807) is 0 Å². The molecule has 8 heteroatoms. The van der Waals surface area contributed by atoms with Gasteiger partial charge in [-0.1, -0.05) is 13.3 Å². The molecule has 0 aliphatic heterocycles. The summed E-state index contributed by atoms with van der Waals surface area (Å²) >= 11 is 1.47. The van der Waals surface area contributed by atoms with Gasteiger partial charge in [-0.25, -0.2) is 4.79 Å². The second kappa shape index (κ2) is 7.45. The van der Waals surface area contributed by atoms with Crippen molar-refractivity contribution in [2.24, 2.45) is 11.7 Å². The monoisotopic (exact) mass is 338 g/mol. The molecule has 1 aliphatic rings. The predicted octanol–water partition coefficient (Wildman–Crippen LogP) is 1.08. The van der Waals surface area contributed by atoms with Crippen LogP contribution in [0.1, 0.15) is 46.8 Å². The van der Waals surface area contributed by atoms with E-state index in [9.17, 15) is 14.4 Å². The van der Waals surface area contributed by atoms with E-state index in [1.165, 1.54) is 28.7 Å². The van der Waals surface area contributed by atoms with Gasteiger partial charge in [-0.3, -0.25) is 20.4 Å². The minimum absolute atomic E-state index is 0.350. The van der Waals surface area contributed by atoms with Gasteiger partial charge in [0.2, 0.25) is 0 Å². The first kappa shape index (κ1) is 17.3. The molecular formula is C15H22N4O3S. The lowest BCUT2D eigenvalue weighted by atomic mass is 9.87. The normalized spacial score (nSPS) is 17.7. The topological polar surface area (TPSA) is 113 Å². The number of amides is 4. The van der Waals surface area contributed by atoms with E-state index in [1.807, 2.05) is 6.07 Å². The highest BCUT2D eigenvalue weighted by atomic mass is 32.1. The van der Waals surface area contributed by atoms with Crippen LogP contribution in [0.15, 0.2) is 6.07 Å². The second-order valence-electron chi connectivity index (χ2n) is 5.75. The summed E-state index contributed by atoms with van der Waals surface area (Å²) in [6, 6.07) is 0.291. The van der Waals surface area contributed by atoms with Crippen molar-refractivity contribution < 1.29 is 14.4 Å². The molecule has 0 saturated heterocycles. The Morgan fingerprint density at radius 3 is 2.78 bits per heavy atom. The summed E-state index contributed by atoms with van der Waals surface area (Å²) in [7, 11) is 0. The molecule has 126 valence electrons. The fraction of sp³-hybridized carbons (Fsp3) is 0.533. The van der Waals surface area contributed by atoms with E-state index in [0.29, 0.717) is 10.8 Å². The number of carbonyl (C=O) groups excluding carboxylic acids is 3. The maximum atomic E-state index is 12.1. The Labute approximate surface area is 139 Å². The van der Waals surface area contributed by atoms with Crippen molar-refractivity contribution in [3.05, 3.63) is 21.4 Å². The number of rotatable bonds is 4. The zero-order valence-corrected chi connectivity index (χ0v) is 14.1. The zero-order valence-electron chi connectivity index (χ0n) is 13.3. The standard InChI is InChI=1S/C15H22N4O3S/c1-3-9-4-5-11-10(6-9)7-12(23-11)14(21)19-18-13(20)8(2)17-15(16)22/h7-9H,3-6H2,1-2H3,(H,18,20)(H,19,21)(H3,16,17,22)/t8-,9-/m0/s1. The number of thiophene rings is 1. The number of hydrogen-bond acceptors (Lipinski definition) is 4. The first-order chi connectivity index (χ1) is 10.9. The minimum Gasteiger partial charge on any atom is -0.352 e. The molecule has 0 fully saturated rings. The van der Waals surface area contributed by atoms with Crippen LogP contribution in [-0.4, -0.2) is 23.9 Å². The Kier molecular flexibility index (Phi) is 5.59. The number of hydrogen-bond donors (Lipinski definition) is 4. The Morgan fingerprint density at radius 2 is 2.13 bits per heavy atom. The van der Waals surface area contributed by atoms with E-state index in [4.69, 9.17) is 5.73 Å². The number of fused-ring (bicyclic) bond motifs is 1. The first-order valence-corrected chi connectivity index (χ1v) is 8.50. The van der Waals surface area contributed by atoms with Gasteiger partial charge in [-0.2, -0.15) is 0 Å². The lowest BCUT2D eigenvalue weighted by Gasteiger charge is -2.19. The largest absolute Gasteiger partial charge is 0.352 e. The van der Waals surface area contributed by atoms with Gasteiger partial charge in [0, 0.05) is 4.88 Å². The predicted molar refractivity (Wildman–Crippen MR) is 87.9 cm³/mol. The average molecular weight is 338 g/mol. The number of primary amides is 1. The molecule has 1 heterocycles. The van der Waals surface area contributed by atoms with Gasteiger partial charge in [0.1, 0.15) is 6.04 Å². The van der Waals surface area contributed by atoms with Gasteiger partial charge in [-0.15, -0.1) is 11.3 Å². The molecular weight excluding hydrogens is 316 g/mol. The van der Waals surface area contributed by atoms with Gasteiger partial charge in [0.05, 0.1) is 4.88 Å². The summed E-state index contributed by atoms with van der Waals surface area (Å²) in [5.74, 6) is -0.199. The van der Waals surface area contributed by atoms with Gasteiger partial charge in [-0.05, 0) is 43.7 Å². The summed E-state index contributed by atoms with van der Waals surface area (Å²) in [5, 5.41) is 2.24. The number of urea groups is 1. The van der Waals surface area contributed by atoms with Crippen molar-refractivity contribution >= 4 is 29.2 Å². The number of nitrogens with one attached hydrogen (secondary N) is 3. The molecule has 2 atom stereocenters. The summed E-state index contributed by atoms with van der Waals surface area (Å²) in [5.41, 5.74) is 10.8. The molecule has 0 bridgehead atoms. The Hall–Kier alpha value is -2.09. The van der Waals surface area contributed by atoms with Crippen molar-refractivity contribution in [3.63, 3.8) is 0 Å². The number of carbonyl (C=O) groups is 3. The van der Waals surface area contributed by atoms with Gasteiger partial charge >= 0.3 is 6.03 Å². The molecule has 0 saturated carbocycles. The smallest absolute Gasteiger partial charge is 0.312 e. The fourth-order valence-corrected chi connectivity index (χ4v) is 3.73. The zero-order chi connectivity index (χ0) is 17.0. The van der Waals surface area contributed by atoms with Crippen LogP contribution in [0.5, 0.6) is 0 Å². The SMILES string of the molecule is CC[C@H]1CCc2sc(C(=O)NNC(=O)[C@H](C)NC(N)=O)cc2C1. The molecule has 4 amide bonds. The third-order valence-corrected chi connectivity index (χ3v) is 5.27. The molecule has 0 radical (unpaired) electrons. The summed E-state index contributed by atoms with van der Waals surface area (Å²) in [6.07, 6.45) is 4.34. The Bertz CT molecular complexity index is 614. The molecule has 0 unspecified atom stereocenters. The average Bonchev–Trinajstić information content (AvgIpc) is 2.94. The highest BCUT2D eigenvalue weighted by molar-refractivity contribution is 7.14. The van der Waals surface area contributed by atoms with E-state index in [2.05, 4.69) is 23.1 Å². The van der Waals surface area contributed by atoms with Crippen molar-refractivity contribution in [1.29, 1.82) is 0 Å². The maximum Gasteiger partial charge on any atom is 0.312 e. The Morgan fingerprint density at radius 1 is 1.39 bits per heavy atom. The van der Waals surface area contributed by atoms with E-state index < -0.39 is 18.0 Å². The highest BCUT2D eigenvalue weighted by Crippen LogP contribution is 2.33. The number of hydrazine groups is 1. The van der Waals surface area contributed by atoms with Crippen LogP contribution in [0.4, 0.5) is 4.79 Å². The van der Waals surface area contributed by atoms with Crippen LogP contribution in [-0.2, 0) is 17.6 Å². The van der Waals surface area contributed by atoms with Crippen molar-refractivity contribution in [1.82, 2.24) is 16.2 Å². The maximum absolute atomic E-state index is 12.1. The second-order valence-corrected chi connectivity index (χ2v) is 6.89. The van der Waals surface area contributed by atoms with Crippen molar-refractivity contribution in [3.8, 4) is 0 Å². The molecule has 2 rings (SSSR count). The summed E-state index contributed by atoms with van der Waals surface area (Å²) in [6.45, 7) is 3.66. The third kappa shape index (κ3) is 4.44. The quantitative estimate of drug-likeness (QED) is 0.616. The molecule has 1 aliphatic carbocycles. The van der Waals surface area contributed by atoms with Crippen LogP contribution in [0, 0.1) is 5.92 Å². The summed E-state index contributed by atoms with van der Waals surface area (Å²) in [4.78, 5) is 36.4. The van der Waals surface area contributed by atoms with Crippen molar-refractivity contribution in [2.45, 2.75) is 45.6 Å². The highest BCUT2D eigenvalue weighted by Gasteiger charge is 2.22. The van der Waals surface area contributed by atoms with Crippen LogP contribution < -0.4 is 21.9 Å². The number of aryl methyl sites for hydroxylation is 1. The summed E-state index contributed by atoms with van der Waals surface area (Å²) < 4.78 is 0. The molecule has 7 nitrogen and oxygen atoms in total. The van der Waals surface area contributed by atoms with E-state index in [-0.39, 0.29) is 5.91 Å². The molecule has 0 spiro atoms. The van der Waals surface area contributed by atoms with Gasteiger partial charge < -0.3 is 11.1 Å². The van der Waals surface area contributed by atoms with Crippen molar-refractivity contribution in [2.75, 3.05) is 0 Å². The van der Waals surface area contributed by atoms with Crippen LogP contribution in [0.25, 0.3) is 0 Å². The molecule has 0 aromatic carbocycles. The van der Waals surface area contributed by atoms with Gasteiger partial charge in [0.15, 0.2) is 0 Å². The van der Waals surface area contributed by atoms with E-state index >= 15 is 0 Å². The van der Waals surface area contributed by atoms with Crippen LogP contribution in [0.2, 0.25) is 0 Å².